The number of carbonyl (C=O) groups is 1. The lowest BCUT2D eigenvalue weighted by molar-refractivity contribution is -0.130. The Bertz CT molecular complexity index is 716. The molecule has 1 aliphatic rings. The molecular formula is C18H22ClN3O2. The van der Waals surface area contributed by atoms with Gasteiger partial charge in [0.1, 0.15) is 0 Å². The number of aromatic nitrogens is 2. The Morgan fingerprint density at radius 3 is 2.96 bits per heavy atom. The van der Waals surface area contributed by atoms with E-state index in [1.54, 1.807) is 4.90 Å². The van der Waals surface area contributed by atoms with Gasteiger partial charge >= 0.3 is 0 Å². The molecule has 0 radical (unpaired) electrons. The molecule has 24 heavy (non-hydrogen) atoms. The van der Waals surface area contributed by atoms with E-state index in [0.717, 1.165) is 17.0 Å². The Labute approximate surface area is 146 Å². The summed E-state index contributed by atoms with van der Waals surface area (Å²) in [4.78, 5) is 14.2. The van der Waals surface area contributed by atoms with Crippen LogP contribution in [0.5, 0.6) is 0 Å². The van der Waals surface area contributed by atoms with Crippen LogP contribution in [0.4, 0.5) is 0 Å². The van der Waals surface area contributed by atoms with Gasteiger partial charge in [-0.3, -0.25) is 9.89 Å². The second-order valence-electron chi connectivity index (χ2n) is 6.50. The van der Waals surface area contributed by atoms with Crippen LogP contribution in [0.2, 0.25) is 5.02 Å². The number of amides is 1. The molecule has 128 valence electrons. The van der Waals surface area contributed by atoms with Gasteiger partial charge < -0.3 is 10.0 Å². The molecule has 6 heteroatoms. The standard InChI is InChI=1S/C18H22ClN3O2/c1-12-7-16(21-20-12)9-14-10-22(11-17(14)23)18(24)6-5-13-3-2-4-15(19)8-13/h2-4,7-8,14,17,23H,5-6,9-11H2,1H3,(H,20,21)/t14-,17-/m1/s1. The van der Waals surface area contributed by atoms with Gasteiger partial charge in [-0.05, 0) is 43.5 Å². The summed E-state index contributed by atoms with van der Waals surface area (Å²) in [5.74, 6) is 0.123. The fourth-order valence-corrected chi connectivity index (χ4v) is 3.42. The highest BCUT2D eigenvalue weighted by Crippen LogP contribution is 2.22. The van der Waals surface area contributed by atoms with Crippen LogP contribution in [-0.4, -0.2) is 45.3 Å². The molecule has 0 spiro atoms. The number of β-amino-alcohol motifs (C(OH)–C–C–N with tert-alkyl or cyclic N) is 1. The van der Waals surface area contributed by atoms with Crippen molar-refractivity contribution in [2.45, 2.75) is 32.3 Å². The van der Waals surface area contributed by atoms with Crippen LogP contribution in [0.15, 0.2) is 30.3 Å². The Morgan fingerprint density at radius 1 is 1.42 bits per heavy atom. The molecule has 1 aromatic heterocycles. The molecule has 1 amide bonds. The van der Waals surface area contributed by atoms with Crippen LogP contribution in [0.25, 0.3) is 0 Å². The zero-order valence-corrected chi connectivity index (χ0v) is 14.5. The molecule has 0 unspecified atom stereocenters. The number of hydrogen-bond acceptors (Lipinski definition) is 3. The van der Waals surface area contributed by atoms with Gasteiger partial charge in [-0.2, -0.15) is 5.10 Å². The molecule has 1 aliphatic heterocycles. The second-order valence-corrected chi connectivity index (χ2v) is 6.94. The molecule has 3 rings (SSSR count). The number of aryl methyl sites for hydroxylation is 2. The van der Waals surface area contributed by atoms with Gasteiger partial charge in [0.15, 0.2) is 0 Å². The Hall–Kier alpha value is -1.85. The fraction of sp³-hybridized carbons (Fsp3) is 0.444. The van der Waals surface area contributed by atoms with Crippen LogP contribution in [0, 0.1) is 12.8 Å². The highest BCUT2D eigenvalue weighted by Gasteiger charge is 2.34. The largest absolute Gasteiger partial charge is 0.391 e. The third-order valence-corrected chi connectivity index (χ3v) is 4.74. The average Bonchev–Trinajstić information content (AvgIpc) is 3.12. The minimum atomic E-state index is -0.489. The summed E-state index contributed by atoms with van der Waals surface area (Å²) in [7, 11) is 0. The van der Waals surface area contributed by atoms with Gasteiger partial charge in [0, 0.05) is 36.1 Å². The molecule has 1 aromatic carbocycles. The van der Waals surface area contributed by atoms with Gasteiger partial charge in [-0.25, -0.2) is 0 Å². The van der Waals surface area contributed by atoms with Crippen LogP contribution in [0.3, 0.4) is 0 Å². The molecular weight excluding hydrogens is 326 g/mol. The molecule has 0 bridgehead atoms. The lowest BCUT2D eigenvalue weighted by atomic mass is 10.0. The Morgan fingerprint density at radius 2 is 2.25 bits per heavy atom. The number of nitrogens with zero attached hydrogens (tertiary/aromatic N) is 2. The number of aliphatic hydroxyl groups excluding tert-OH is 1. The Kier molecular flexibility index (Phi) is 5.21. The summed E-state index contributed by atoms with van der Waals surface area (Å²) in [5, 5.41) is 18.1. The van der Waals surface area contributed by atoms with Crippen molar-refractivity contribution in [1.82, 2.24) is 15.1 Å². The maximum Gasteiger partial charge on any atom is 0.223 e. The van der Waals surface area contributed by atoms with Gasteiger partial charge in [0.05, 0.1) is 11.8 Å². The summed E-state index contributed by atoms with van der Waals surface area (Å²) in [5.41, 5.74) is 3.00. The smallest absolute Gasteiger partial charge is 0.223 e. The van der Waals surface area contributed by atoms with Gasteiger partial charge in [-0.1, -0.05) is 23.7 Å². The lowest BCUT2D eigenvalue weighted by Gasteiger charge is -2.16. The Balaban J connectivity index is 1.52. The number of aromatic amines is 1. The van der Waals surface area contributed by atoms with E-state index in [2.05, 4.69) is 10.2 Å². The van der Waals surface area contributed by atoms with Crippen molar-refractivity contribution in [2.75, 3.05) is 13.1 Å². The van der Waals surface area contributed by atoms with Crippen LogP contribution < -0.4 is 0 Å². The molecule has 2 aromatic rings. The molecule has 1 fully saturated rings. The van der Waals surface area contributed by atoms with Crippen molar-refractivity contribution < 1.29 is 9.90 Å². The minimum absolute atomic E-state index is 0.0443. The SMILES string of the molecule is Cc1cc(C[C@@H]2CN(C(=O)CCc3cccc(Cl)c3)C[C@H]2O)n[nH]1. The minimum Gasteiger partial charge on any atom is -0.391 e. The molecule has 0 aliphatic carbocycles. The van der Waals surface area contributed by atoms with E-state index in [1.165, 1.54) is 0 Å². The first-order valence-corrected chi connectivity index (χ1v) is 8.60. The fourth-order valence-electron chi connectivity index (χ4n) is 3.21. The van der Waals surface area contributed by atoms with E-state index in [0.29, 0.717) is 37.4 Å². The molecule has 2 atom stereocenters. The third kappa shape index (κ3) is 4.16. The lowest BCUT2D eigenvalue weighted by Crippen LogP contribution is -2.29. The third-order valence-electron chi connectivity index (χ3n) is 4.51. The number of benzene rings is 1. The number of H-pyrrole nitrogens is 1. The number of likely N-dealkylation sites (tertiary alicyclic amines) is 1. The van der Waals surface area contributed by atoms with E-state index in [-0.39, 0.29) is 11.8 Å². The summed E-state index contributed by atoms with van der Waals surface area (Å²) in [6, 6.07) is 9.56. The zero-order chi connectivity index (χ0) is 17.1. The highest BCUT2D eigenvalue weighted by molar-refractivity contribution is 6.30. The summed E-state index contributed by atoms with van der Waals surface area (Å²) in [6.07, 6.45) is 1.29. The first kappa shape index (κ1) is 17.0. The van der Waals surface area contributed by atoms with Crippen molar-refractivity contribution in [2.24, 2.45) is 5.92 Å². The van der Waals surface area contributed by atoms with Crippen molar-refractivity contribution in [1.29, 1.82) is 0 Å². The molecule has 0 saturated carbocycles. The van der Waals surface area contributed by atoms with Crippen molar-refractivity contribution in [3.8, 4) is 0 Å². The quantitative estimate of drug-likeness (QED) is 0.872. The van der Waals surface area contributed by atoms with Crippen LogP contribution in [-0.2, 0) is 17.6 Å². The summed E-state index contributed by atoms with van der Waals surface area (Å²) < 4.78 is 0. The highest BCUT2D eigenvalue weighted by atomic mass is 35.5. The summed E-state index contributed by atoms with van der Waals surface area (Å²) >= 11 is 5.97. The number of hydrogen-bond donors (Lipinski definition) is 2. The zero-order valence-electron chi connectivity index (χ0n) is 13.7. The topological polar surface area (TPSA) is 69.2 Å². The van der Waals surface area contributed by atoms with Crippen LogP contribution in [0.1, 0.15) is 23.4 Å². The van der Waals surface area contributed by atoms with Crippen molar-refractivity contribution in [3.05, 3.63) is 52.3 Å². The van der Waals surface area contributed by atoms with Crippen molar-refractivity contribution in [3.63, 3.8) is 0 Å². The number of aliphatic hydroxyl groups is 1. The predicted octanol–water partition coefficient (Wildman–Crippen LogP) is 2.37. The van der Waals surface area contributed by atoms with E-state index in [9.17, 15) is 9.90 Å². The number of nitrogens with one attached hydrogen (secondary N) is 1. The normalized spacial score (nSPS) is 20.5. The first-order valence-electron chi connectivity index (χ1n) is 8.22. The van der Waals surface area contributed by atoms with E-state index >= 15 is 0 Å². The first-order chi connectivity index (χ1) is 11.5. The maximum atomic E-state index is 12.4. The molecule has 5 nitrogen and oxygen atoms in total. The predicted molar refractivity (Wildman–Crippen MR) is 92.9 cm³/mol. The average molecular weight is 348 g/mol. The van der Waals surface area contributed by atoms with Crippen LogP contribution >= 0.6 is 11.6 Å². The van der Waals surface area contributed by atoms with E-state index < -0.39 is 6.10 Å². The second kappa shape index (κ2) is 7.36. The van der Waals surface area contributed by atoms with E-state index in [1.807, 2.05) is 37.3 Å². The van der Waals surface area contributed by atoms with Gasteiger partial charge in [0.25, 0.3) is 0 Å². The monoisotopic (exact) mass is 347 g/mol. The van der Waals surface area contributed by atoms with Gasteiger partial charge in [0.2, 0.25) is 5.91 Å². The number of carbonyl (C=O) groups excluding carboxylic acids is 1. The number of halogens is 1. The van der Waals surface area contributed by atoms with Crippen molar-refractivity contribution >= 4 is 17.5 Å². The molecule has 1 saturated heterocycles. The molecule has 2 N–H and O–H groups in total. The van der Waals surface area contributed by atoms with E-state index in [4.69, 9.17) is 11.6 Å². The molecule has 2 heterocycles. The maximum absolute atomic E-state index is 12.4. The number of rotatable bonds is 5. The van der Waals surface area contributed by atoms with Gasteiger partial charge in [-0.15, -0.1) is 0 Å². The summed E-state index contributed by atoms with van der Waals surface area (Å²) in [6.45, 7) is 2.94.